The van der Waals surface area contributed by atoms with E-state index in [1.807, 2.05) is 29.3 Å². The number of amides is 1. The summed E-state index contributed by atoms with van der Waals surface area (Å²) in [7, 11) is 0. The Morgan fingerprint density at radius 3 is 2.76 bits per heavy atom. The summed E-state index contributed by atoms with van der Waals surface area (Å²) in [6, 6.07) is 10.2. The molecule has 2 saturated heterocycles. The van der Waals surface area contributed by atoms with E-state index in [9.17, 15) is 4.79 Å². The normalized spacial score (nSPS) is 24.3. The van der Waals surface area contributed by atoms with Crippen molar-refractivity contribution >= 4 is 5.91 Å². The van der Waals surface area contributed by atoms with E-state index >= 15 is 0 Å². The molecular weight excluding hydrogens is 366 g/mol. The topological polar surface area (TPSA) is 54.9 Å². The second-order valence-electron chi connectivity index (χ2n) is 8.41. The van der Waals surface area contributed by atoms with Gasteiger partial charge in [-0.05, 0) is 55.1 Å². The van der Waals surface area contributed by atoms with Gasteiger partial charge in [-0.25, -0.2) is 0 Å². The van der Waals surface area contributed by atoms with E-state index in [0.717, 1.165) is 62.5 Å². The van der Waals surface area contributed by atoms with E-state index < -0.39 is 0 Å². The molecule has 2 fully saturated rings. The zero-order valence-electron chi connectivity index (χ0n) is 16.7. The maximum Gasteiger partial charge on any atom is 0.230 e. The Morgan fingerprint density at radius 1 is 1.00 bits per heavy atom. The Balaban J connectivity index is 1.26. The first-order chi connectivity index (χ1) is 14.2. The smallest absolute Gasteiger partial charge is 0.230 e. The van der Waals surface area contributed by atoms with Crippen molar-refractivity contribution in [1.29, 1.82) is 0 Å². The fourth-order valence-corrected chi connectivity index (χ4v) is 4.93. The number of hydrogen-bond acceptors (Lipinski definition) is 5. The number of fused-ring (bicyclic) bond motifs is 1. The number of nitrogens with zero attached hydrogens (tertiary/aromatic N) is 3. The van der Waals surface area contributed by atoms with E-state index in [2.05, 4.69) is 22.0 Å². The second-order valence-corrected chi connectivity index (χ2v) is 8.41. The van der Waals surface area contributed by atoms with Gasteiger partial charge in [0.25, 0.3) is 0 Å². The highest BCUT2D eigenvalue weighted by Crippen LogP contribution is 2.41. The molecule has 0 unspecified atom stereocenters. The number of rotatable bonds is 4. The molecule has 6 heteroatoms. The lowest BCUT2D eigenvalue weighted by atomic mass is 9.78. The van der Waals surface area contributed by atoms with Crippen molar-refractivity contribution in [3.63, 3.8) is 0 Å². The minimum atomic E-state index is -0.228. The van der Waals surface area contributed by atoms with Crippen LogP contribution in [0, 0.1) is 5.41 Å². The van der Waals surface area contributed by atoms with Crippen molar-refractivity contribution in [3.8, 4) is 11.5 Å². The molecule has 4 heterocycles. The number of ether oxygens (including phenoxy) is 2. The van der Waals surface area contributed by atoms with E-state index in [1.165, 1.54) is 5.56 Å². The summed E-state index contributed by atoms with van der Waals surface area (Å²) in [5.41, 5.74) is 2.08. The molecule has 0 bridgehead atoms. The number of benzene rings is 1. The summed E-state index contributed by atoms with van der Waals surface area (Å²) in [5, 5.41) is 0. The van der Waals surface area contributed by atoms with Crippen LogP contribution in [-0.4, -0.2) is 53.5 Å². The lowest BCUT2D eigenvalue weighted by Crippen LogP contribution is -2.49. The first-order valence-electron chi connectivity index (χ1n) is 10.5. The third-order valence-electron chi connectivity index (χ3n) is 6.37. The lowest BCUT2D eigenvalue weighted by molar-refractivity contribution is -0.146. The molecule has 1 spiro atoms. The van der Waals surface area contributed by atoms with Crippen LogP contribution in [0.5, 0.6) is 11.5 Å². The molecule has 0 aliphatic carbocycles. The molecule has 1 amide bonds. The van der Waals surface area contributed by atoms with Gasteiger partial charge in [0.1, 0.15) is 13.2 Å². The number of likely N-dealkylation sites (tertiary alicyclic amines) is 2. The summed E-state index contributed by atoms with van der Waals surface area (Å²) < 4.78 is 11.3. The first-order valence-corrected chi connectivity index (χ1v) is 10.5. The number of aromatic nitrogens is 1. The summed E-state index contributed by atoms with van der Waals surface area (Å²) in [6.07, 6.45) is 6.64. The number of pyridine rings is 1. The molecule has 0 saturated carbocycles. The van der Waals surface area contributed by atoms with E-state index in [4.69, 9.17) is 9.47 Å². The highest BCUT2D eigenvalue weighted by atomic mass is 16.6. The van der Waals surface area contributed by atoms with Gasteiger partial charge < -0.3 is 14.4 Å². The molecule has 3 aliphatic rings. The standard InChI is InChI=1S/C23H27N3O3/c27-22-23(6-2-9-26(22)16-19-3-1-8-24-14-19)7-10-25(17-23)15-18-4-5-20-21(13-18)29-12-11-28-20/h1,3-5,8,13-14H,2,6-7,9-12,15-17H2/t23-/m0/s1. The zero-order valence-corrected chi connectivity index (χ0v) is 16.7. The minimum absolute atomic E-state index is 0.228. The molecule has 3 aliphatic heterocycles. The van der Waals surface area contributed by atoms with Gasteiger partial charge in [-0.1, -0.05) is 12.1 Å². The number of carbonyl (C=O) groups is 1. The molecule has 2 aromatic rings. The molecule has 6 nitrogen and oxygen atoms in total. The minimum Gasteiger partial charge on any atom is -0.486 e. The summed E-state index contributed by atoms with van der Waals surface area (Å²) in [5.74, 6) is 1.97. The number of piperidine rings is 1. The van der Waals surface area contributed by atoms with Crippen LogP contribution in [0.25, 0.3) is 0 Å². The molecule has 152 valence electrons. The maximum atomic E-state index is 13.4. The van der Waals surface area contributed by atoms with Crippen LogP contribution in [-0.2, 0) is 17.9 Å². The van der Waals surface area contributed by atoms with Crippen molar-refractivity contribution in [1.82, 2.24) is 14.8 Å². The van der Waals surface area contributed by atoms with Gasteiger partial charge in [0, 0.05) is 38.6 Å². The van der Waals surface area contributed by atoms with Gasteiger partial charge >= 0.3 is 0 Å². The quantitative estimate of drug-likeness (QED) is 0.800. The number of hydrogen-bond donors (Lipinski definition) is 0. The van der Waals surface area contributed by atoms with Crippen molar-refractivity contribution in [2.45, 2.75) is 32.4 Å². The molecular formula is C23H27N3O3. The third-order valence-corrected chi connectivity index (χ3v) is 6.37. The fourth-order valence-electron chi connectivity index (χ4n) is 4.93. The Kier molecular flexibility index (Phi) is 4.87. The van der Waals surface area contributed by atoms with E-state index in [0.29, 0.717) is 25.7 Å². The Labute approximate surface area is 171 Å². The highest BCUT2D eigenvalue weighted by Gasteiger charge is 2.48. The van der Waals surface area contributed by atoms with Gasteiger partial charge in [-0.3, -0.25) is 14.7 Å². The predicted octanol–water partition coefficient (Wildman–Crippen LogP) is 2.87. The van der Waals surface area contributed by atoms with Crippen LogP contribution in [0.2, 0.25) is 0 Å². The lowest BCUT2D eigenvalue weighted by Gasteiger charge is -2.39. The van der Waals surface area contributed by atoms with E-state index in [-0.39, 0.29) is 5.41 Å². The van der Waals surface area contributed by atoms with Crippen LogP contribution in [0.1, 0.15) is 30.4 Å². The Morgan fingerprint density at radius 2 is 1.90 bits per heavy atom. The second kappa shape index (κ2) is 7.67. The van der Waals surface area contributed by atoms with Gasteiger partial charge in [0.15, 0.2) is 11.5 Å². The van der Waals surface area contributed by atoms with Gasteiger partial charge in [0.05, 0.1) is 5.41 Å². The van der Waals surface area contributed by atoms with E-state index in [1.54, 1.807) is 6.20 Å². The first kappa shape index (κ1) is 18.4. The summed E-state index contributed by atoms with van der Waals surface area (Å²) in [6.45, 7) is 5.36. The SMILES string of the molecule is O=C1N(Cc2cccnc2)CCC[C@@]12CCN(Cc1ccc3c(c1)OCCO3)C2. The summed E-state index contributed by atoms with van der Waals surface area (Å²) >= 11 is 0. The average Bonchev–Trinajstić information content (AvgIpc) is 3.15. The monoisotopic (exact) mass is 393 g/mol. The molecule has 1 aromatic carbocycles. The number of carbonyl (C=O) groups excluding carboxylic acids is 1. The molecule has 29 heavy (non-hydrogen) atoms. The van der Waals surface area contributed by atoms with Crippen molar-refractivity contribution < 1.29 is 14.3 Å². The zero-order chi connectivity index (χ0) is 19.7. The average molecular weight is 393 g/mol. The third kappa shape index (κ3) is 3.69. The van der Waals surface area contributed by atoms with Crippen molar-refractivity contribution in [2.75, 3.05) is 32.8 Å². The fraction of sp³-hybridized carbons (Fsp3) is 0.478. The highest BCUT2D eigenvalue weighted by molar-refractivity contribution is 5.84. The molecule has 1 atom stereocenters. The van der Waals surface area contributed by atoms with Crippen LogP contribution in [0.4, 0.5) is 0 Å². The largest absolute Gasteiger partial charge is 0.486 e. The van der Waals surface area contributed by atoms with Crippen LogP contribution in [0.3, 0.4) is 0 Å². The Bertz CT molecular complexity index is 888. The van der Waals surface area contributed by atoms with Crippen LogP contribution < -0.4 is 9.47 Å². The van der Waals surface area contributed by atoms with Gasteiger partial charge in [-0.2, -0.15) is 0 Å². The van der Waals surface area contributed by atoms with Crippen molar-refractivity contribution in [2.24, 2.45) is 5.41 Å². The van der Waals surface area contributed by atoms with Crippen molar-refractivity contribution in [3.05, 3.63) is 53.9 Å². The molecule has 5 rings (SSSR count). The van der Waals surface area contributed by atoms with Gasteiger partial charge in [-0.15, -0.1) is 0 Å². The van der Waals surface area contributed by atoms with Crippen LogP contribution in [0.15, 0.2) is 42.7 Å². The van der Waals surface area contributed by atoms with Gasteiger partial charge in [0.2, 0.25) is 5.91 Å². The van der Waals surface area contributed by atoms with Crippen LogP contribution >= 0.6 is 0 Å². The molecule has 1 aromatic heterocycles. The predicted molar refractivity (Wildman–Crippen MR) is 109 cm³/mol. The molecule has 0 radical (unpaired) electrons. The maximum absolute atomic E-state index is 13.4. The molecule has 0 N–H and O–H groups in total. The Hall–Kier alpha value is -2.60. The summed E-state index contributed by atoms with van der Waals surface area (Å²) in [4.78, 5) is 22.0.